The number of hydrogen-bond acceptors (Lipinski definition) is 3. The molecule has 2 atom stereocenters. The fourth-order valence-electron chi connectivity index (χ4n) is 2.83. The Morgan fingerprint density at radius 3 is 2.94 bits per heavy atom. The van der Waals surface area contributed by atoms with Crippen LogP contribution in [0.5, 0.6) is 0 Å². The van der Waals surface area contributed by atoms with E-state index in [2.05, 4.69) is 21.5 Å². The number of aromatic nitrogens is 2. The van der Waals surface area contributed by atoms with Gasteiger partial charge in [0.1, 0.15) is 0 Å². The van der Waals surface area contributed by atoms with E-state index in [0.717, 1.165) is 32.5 Å². The Balaban J connectivity index is 1.63. The molecule has 2 rings (SSSR count). The second kappa shape index (κ2) is 6.90. The van der Waals surface area contributed by atoms with Crippen LogP contribution in [0.15, 0.2) is 18.7 Å². The van der Waals surface area contributed by atoms with Crippen molar-refractivity contribution in [1.82, 2.24) is 14.5 Å². The van der Waals surface area contributed by atoms with Crippen molar-refractivity contribution in [1.29, 1.82) is 0 Å². The normalized spacial score (nSPS) is 24.6. The molecule has 0 aliphatic heterocycles. The number of aryl methyl sites for hydroxylation is 1. The number of hydrogen-bond donors (Lipinski definition) is 1. The van der Waals surface area contributed by atoms with E-state index in [1.165, 1.54) is 19.3 Å². The lowest BCUT2D eigenvalue weighted by Gasteiger charge is -2.31. The van der Waals surface area contributed by atoms with E-state index in [1.807, 2.05) is 18.7 Å². The molecule has 1 aromatic heterocycles. The first-order valence-corrected chi connectivity index (χ1v) is 7.08. The summed E-state index contributed by atoms with van der Waals surface area (Å²) in [5.74, 6) is 0.483. The second-order valence-electron chi connectivity index (χ2n) is 5.53. The van der Waals surface area contributed by atoms with Gasteiger partial charge in [0, 0.05) is 25.5 Å². The van der Waals surface area contributed by atoms with Crippen LogP contribution in [0.4, 0.5) is 0 Å². The zero-order chi connectivity index (χ0) is 12.8. The predicted molar refractivity (Wildman–Crippen MR) is 72.3 cm³/mol. The van der Waals surface area contributed by atoms with Crippen molar-refractivity contribution in [3.63, 3.8) is 0 Å². The Bertz CT molecular complexity index is 326. The summed E-state index contributed by atoms with van der Waals surface area (Å²) in [7, 11) is 2.16. The maximum Gasteiger partial charge on any atom is 0.0945 e. The van der Waals surface area contributed by atoms with Crippen LogP contribution in [0.2, 0.25) is 0 Å². The summed E-state index contributed by atoms with van der Waals surface area (Å²) in [6.45, 7) is 3.14. The molecule has 18 heavy (non-hydrogen) atoms. The van der Waals surface area contributed by atoms with Crippen molar-refractivity contribution in [3.05, 3.63) is 18.7 Å². The molecular weight excluding hydrogens is 226 g/mol. The SMILES string of the molecule is CN(CCCn1ccnc1)CC1CCCCC1O. The predicted octanol–water partition coefficient (Wildman–Crippen LogP) is 1.76. The summed E-state index contributed by atoms with van der Waals surface area (Å²) in [6.07, 6.45) is 11.4. The average molecular weight is 251 g/mol. The first-order valence-electron chi connectivity index (χ1n) is 7.08. The zero-order valence-electron chi connectivity index (χ0n) is 11.3. The van der Waals surface area contributed by atoms with Crippen LogP contribution in [0.3, 0.4) is 0 Å². The molecule has 1 aliphatic rings. The molecule has 102 valence electrons. The molecule has 0 bridgehead atoms. The van der Waals surface area contributed by atoms with Gasteiger partial charge in [-0.15, -0.1) is 0 Å². The fraction of sp³-hybridized carbons (Fsp3) is 0.786. The van der Waals surface area contributed by atoms with E-state index in [1.54, 1.807) is 0 Å². The van der Waals surface area contributed by atoms with Crippen LogP contribution in [-0.2, 0) is 6.54 Å². The minimum Gasteiger partial charge on any atom is -0.393 e. The lowest BCUT2D eigenvalue weighted by atomic mass is 9.86. The van der Waals surface area contributed by atoms with Gasteiger partial charge in [-0.2, -0.15) is 0 Å². The molecule has 1 fully saturated rings. The first-order chi connectivity index (χ1) is 8.75. The Kier molecular flexibility index (Phi) is 5.20. The number of rotatable bonds is 6. The van der Waals surface area contributed by atoms with E-state index < -0.39 is 0 Å². The van der Waals surface area contributed by atoms with E-state index in [4.69, 9.17) is 0 Å². The summed E-state index contributed by atoms with van der Waals surface area (Å²) in [6, 6.07) is 0. The second-order valence-corrected chi connectivity index (χ2v) is 5.53. The molecule has 1 aromatic rings. The first kappa shape index (κ1) is 13.6. The number of nitrogens with zero attached hydrogens (tertiary/aromatic N) is 3. The van der Waals surface area contributed by atoms with Gasteiger partial charge in [-0.05, 0) is 38.8 Å². The van der Waals surface area contributed by atoms with Crippen molar-refractivity contribution in [2.45, 2.75) is 44.8 Å². The van der Waals surface area contributed by atoms with E-state index in [-0.39, 0.29) is 6.10 Å². The molecule has 4 heteroatoms. The molecule has 0 spiro atoms. The summed E-state index contributed by atoms with van der Waals surface area (Å²) in [5.41, 5.74) is 0. The van der Waals surface area contributed by atoms with Gasteiger partial charge in [0.15, 0.2) is 0 Å². The summed E-state index contributed by atoms with van der Waals surface area (Å²) in [5, 5.41) is 9.95. The maximum atomic E-state index is 9.95. The number of imidazole rings is 1. The fourth-order valence-corrected chi connectivity index (χ4v) is 2.83. The highest BCUT2D eigenvalue weighted by atomic mass is 16.3. The van der Waals surface area contributed by atoms with Gasteiger partial charge in [0.25, 0.3) is 0 Å². The molecule has 0 saturated heterocycles. The summed E-state index contributed by atoms with van der Waals surface area (Å²) in [4.78, 5) is 6.40. The van der Waals surface area contributed by atoms with Gasteiger partial charge < -0.3 is 14.6 Å². The highest BCUT2D eigenvalue weighted by Gasteiger charge is 2.23. The van der Waals surface area contributed by atoms with Crippen LogP contribution in [-0.4, -0.2) is 45.8 Å². The van der Waals surface area contributed by atoms with Crippen molar-refractivity contribution < 1.29 is 5.11 Å². The molecule has 1 aliphatic carbocycles. The van der Waals surface area contributed by atoms with Gasteiger partial charge in [0.05, 0.1) is 12.4 Å². The maximum absolute atomic E-state index is 9.95. The largest absolute Gasteiger partial charge is 0.393 e. The third-order valence-electron chi connectivity index (χ3n) is 3.93. The molecule has 2 unspecified atom stereocenters. The van der Waals surface area contributed by atoms with E-state index in [9.17, 15) is 5.11 Å². The third kappa shape index (κ3) is 4.10. The van der Waals surface area contributed by atoms with E-state index in [0.29, 0.717) is 5.92 Å². The van der Waals surface area contributed by atoms with Gasteiger partial charge in [-0.1, -0.05) is 12.8 Å². The van der Waals surface area contributed by atoms with Crippen molar-refractivity contribution in [2.75, 3.05) is 20.1 Å². The Morgan fingerprint density at radius 2 is 2.22 bits per heavy atom. The molecule has 0 amide bonds. The topological polar surface area (TPSA) is 41.3 Å². The van der Waals surface area contributed by atoms with Gasteiger partial charge in [-0.25, -0.2) is 4.98 Å². The monoisotopic (exact) mass is 251 g/mol. The number of aliphatic hydroxyl groups is 1. The zero-order valence-corrected chi connectivity index (χ0v) is 11.3. The molecule has 0 radical (unpaired) electrons. The highest BCUT2D eigenvalue weighted by Crippen LogP contribution is 2.24. The molecule has 0 aromatic carbocycles. The van der Waals surface area contributed by atoms with Crippen molar-refractivity contribution in [3.8, 4) is 0 Å². The lowest BCUT2D eigenvalue weighted by Crippen LogP contribution is -2.35. The van der Waals surface area contributed by atoms with Crippen LogP contribution in [0.25, 0.3) is 0 Å². The van der Waals surface area contributed by atoms with Crippen molar-refractivity contribution in [2.24, 2.45) is 5.92 Å². The molecular formula is C14H25N3O. The Labute approximate surface area is 110 Å². The minimum absolute atomic E-state index is 0.0742. The highest BCUT2D eigenvalue weighted by molar-refractivity contribution is 4.77. The van der Waals surface area contributed by atoms with Gasteiger partial charge in [0.2, 0.25) is 0 Å². The molecule has 1 N–H and O–H groups in total. The van der Waals surface area contributed by atoms with Gasteiger partial charge >= 0.3 is 0 Å². The minimum atomic E-state index is -0.0742. The van der Waals surface area contributed by atoms with Crippen molar-refractivity contribution >= 4 is 0 Å². The third-order valence-corrected chi connectivity index (χ3v) is 3.93. The van der Waals surface area contributed by atoms with Crippen LogP contribution in [0.1, 0.15) is 32.1 Å². The Hall–Kier alpha value is -0.870. The van der Waals surface area contributed by atoms with Gasteiger partial charge in [-0.3, -0.25) is 0 Å². The van der Waals surface area contributed by atoms with E-state index >= 15 is 0 Å². The number of aliphatic hydroxyl groups excluding tert-OH is 1. The smallest absolute Gasteiger partial charge is 0.0945 e. The van der Waals surface area contributed by atoms with Crippen LogP contribution >= 0.6 is 0 Å². The summed E-state index contributed by atoms with van der Waals surface area (Å²) < 4.78 is 2.11. The molecule has 1 saturated carbocycles. The average Bonchev–Trinajstić information content (AvgIpc) is 2.85. The molecule has 4 nitrogen and oxygen atoms in total. The lowest BCUT2D eigenvalue weighted by molar-refractivity contribution is 0.0511. The molecule has 1 heterocycles. The van der Waals surface area contributed by atoms with Crippen LogP contribution in [0, 0.1) is 5.92 Å². The standard InChI is InChI=1S/C14H25N3O/c1-16(8-4-9-17-10-7-15-12-17)11-13-5-2-3-6-14(13)18/h7,10,12-14,18H,2-6,8-9,11H2,1H3. The summed E-state index contributed by atoms with van der Waals surface area (Å²) >= 11 is 0. The quantitative estimate of drug-likeness (QED) is 0.837. The Morgan fingerprint density at radius 1 is 1.39 bits per heavy atom. The van der Waals surface area contributed by atoms with Crippen LogP contribution < -0.4 is 0 Å².